The number of hydrogen-bond acceptors (Lipinski definition) is 2. The highest BCUT2D eigenvalue weighted by Crippen LogP contribution is 2.37. The van der Waals surface area contributed by atoms with E-state index < -0.39 is 65.0 Å². The summed E-state index contributed by atoms with van der Waals surface area (Å²) in [6, 6.07) is 2.71. The van der Waals surface area contributed by atoms with E-state index in [2.05, 4.69) is 0 Å². The largest absolute Gasteiger partial charge is 0.479 e. The molecule has 0 radical (unpaired) electrons. The highest BCUT2D eigenvalue weighted by molar-refractivity contribution is 6.31. The summed E-state index contributed by atoms with van der Waals surface area (Å²) in [7, 11) is 0. The number of hydrogen-bond donors (Lipinski definition) is 1. The minimum atomic E-state index is -5.06. The van der Waals surface area contributed by atoms with Crippen molar-refractivity contribution in [1.82, 2.24) is 0 Å². The van der Waals surface area contributed by atoms with Crippen molar-refractivity contribution >= 4 is 23.6 Å². The number of carboxylic acids is 1. The van der Waals surface area contributed by atoms with Gasteiger partial charge in [-0.3, -0.25) is 0 Å². The van der Waals surface area contributed by atoms with Crippen LogP contribution in [0.3, 0.4) is 0 Å². The van der Waals surface area contributed by atoms with Gasteiger partial charge in [0.2, 0.25) is 0 Å². The third kappa shape index (κ3) is 7.13. The fourth-order valence-electron chi connectivity index (χ4n) is 2.63. The lowest BCUT2D eigenvalue weighted by molar-refractivity contribution is -0.150. The molecule has 2 aromatic rings. The van der Waals surface area contributed by atoms with E-state index in [0.717, 1.165) is 18.2 Å². The van der Waals surface area contributed by atoms with Gasteiger partial charge in [-0.1, -0.05) is 23.8 Å². The van der Waals surface area contributed by atoms with E-state index >= 15 is 0 Å². The van der Waals surface area contributed by atoms with Gasteiger partial charge in [0.15, 0.2) is 6.10 Å². The van der Waals surface area contributed by atoms with Crippen LogP contribution in [0.5, 0.6) is 0 Å². The highest BCUT2D eigenvalue weighted by atomic mass is 35.5. The fraction of sp³-hybridized carbons (Fsp3) is 0.250. The van der Waals surface area contributed by atoms with E-state index in [0.29, 0.717) is 24.3 Å². The number of rotatable bonds is 6. The van der Waals surface area contributed by atoms with Crippen molar-refractivity contribution in [3.8, 4) is 0 Å². The topological polar surface area (TPSA) is 46.5 Å². The summed E-state index contributed by atoms with van der Waals surface area (Å²) < 4.78 is 121. The molecular formula is C20H12ClF9O3. The molecule has 1 unspecified atom stereocenters. The smallest absolute Gasteiger partial charge is 0.416 e. The quantitative estimate of drug-likeness (QED) is 0.420. The molecule has 2 rings (SSSR count). The zero-order valence-electron chi connectivity index (χ0n) is 15.9. The van der Waals surface area contributed by atoms with Gasteiger partial charge in [0.25, 0.3) is 0 Å². The first-order valence-corrected chi connectivity index (χ1v) is 9.05. The Morgan fingerprint density at radius 1 is 0.879 bits per heavy atom. The van der Waals surface area contributed by atoms with Gasteiger partial charge in [0, 0.05) is 10.6 Å². The number of benzene rings is 2. The first-order chi connectivity index (χ1) is 15.0. The first-order valence-electron chi connectivity index (χ1n) is 8.67. The Kier molecular flexibility index (Phi) is 7.74. The maximum atomic E-state index is 12.9. The van der Waals surface area contributed by atoms with Crippen LogP contribution in [-0.4, -0.2) is 17.7 Å². The molecule has 180 valence electrons. The van der Waals surface area contributed by atoms with Crippen molar-refractivity contribution in [1.29, 1.82) is 0 Å². The van der Waals surface area contributed by atoms with Gasteiger partial charge in [-0.2, -0.15) is 39.5 Å². The highest BCUT2D eigenvalue weighted by Gasteiger charge is 2.37. The number of carbonyl (C=O) groups is 1. The lowest BCUT2D eigenvalue weighted by Crippen LogP contribution is -2.17. The summed E-state index contributed by atoms with van der Waals surface area (Å²) in [6.45, 7) is -0.679. The Balaban J connectivity index is 2.28. The molecule has 0 heterocycles. The van der Waals surface area contributed by atoms with Gasteiger partial charge in [-0.25, -0.2) is 4.79 Å². The van der Waals surface area contributed by atoms with Gasteiger partial charge >= 0.3 is 24.5 Å². The molecule has 2 aromatic carbocycles. The minimum absolute atomic E-state index is 0.0655. The molecule has 33 heavy (non-hydrogen) atoms. The van der Waals surface area contributed by atoms with E-state index in [1.54, 1.807) is 0 Å². The van der Waals surface area contributed by atoms with Crippen LogP contribution in [0.1, 0.15) is 33.9 Å². The van der Waals surface area contributed by atoms with Gasteiger partial charge < -0.3 is 9.84 Å². The molecule has 0 saturated heterocycles. The SMILES string of the molecule is O=C(O)C(OCC=Cc1cc(C(F)(F)F)cc(C(F)(F)F)c1)c1cc(C(F)(F)F)ccc1Cl. The average molecular weight is 507 g/mol. The lowest BCUT2D eigenvalue weighted by Gasteiger charge is -2.16. The monoisotopic (exact) mass is 506 g/mol. The summed E-state index contributed by atoms with van der Waals surface area (Å²) in [5.74, 6) is -1.72. The van der Waals surface area contributed by atoms with E-state index in [4.69, 9.17) is 16.3 Å². The number of aliphatic carboxylic acids is 1. The normalized spacial score (nSPS) is 14.0. The predicted octanol–water partition coefficient (Wildman–Crippen LogP) is 7.25. The third-order valence-electron chi connectivity index (χ3n) is 4.11. The molecular weight excluding hydrogens is 495 g/mol. The molecule has 0 spiro atoms. The molecule has 0 aliphatic carbocycles. The van der Waals surface area contributed by atoms with Gasteiger partial charge in [0.05, 0.1) is 23.3 Å². The Labute approximate surface area is 185 Å². The van der Waals surface area contributed by atoms with E-state index in [9.17, 15) is 49.4 Å². The van der Waals surface area contributed by atoms with Crippen LogP contribution in [0.2, 0.25) is 5.02 Å². The number of ether oxygens (including phenoxy) is 1. The molecule has 0 aliphatic rings. The third-order valence-corrected chi connectivity index (χ3v) is 4.45. The molecule has 0 fully saturated rings. The van der Waals surface area contributed by atoms with Crippen LogP contribution >= 0.6 is 11.6 Å². The second-order valence-corrected chi connectivity index (χ2v) is 6.93. The number of alkyl halides is 9. The van der Waals surface area contributed by atoms with Crippen LogP contribution in [0.15, 0.2) is 42.5 Å². The van der Waals surface area contributed by atoms with Crippen LogP contribution in [0, 0.1) is 0 Å². The van der Waals surface area contributed by atoms with E-state index in [1.807, 2.05) is 0 Å². The molecule has 1 atom stereocenters. The molecule has 0 aromatic heterocycles. The van der Waals surface area contributed by atoms with Crippen LogP contribution in [-0.2, 0) is 28.1 Å². The van der Waals surface area contributed by atoms with Gasteiger partial charge in [0.1, 0.15) is 0 Å². The number of carboxylic acid groups (broad SMARTS) is 1. The Hall–Kier alpha value is -2.73. The van der Waals surface area contributed by atoms with E-state index in [-0.39, 0.29) is 11.1 Å². The van der Waals surface area contributed by atoms with Crippen molar-refractivity contribution in [3.05, 3.63) is 75.3 Å². The maximum Gasteiger partial charge on any atom is 0.416 e. The van der Waals surface area contributed by atoms with Crippen molar-refractivity contribution in [2.45, 2.75) is 24.6 Å². The van der Waals surface area contributed by atoms with Crippen molar-refractivity contribution in [2.24, 2.45) is 0 Å². The van der Waals surface area contributed by atoms with Crippen molar-refractivity contribution in [3.63, 3.8) is 0 Å². The Morgan fingerprint density at radius 2 is 1.39 bits per heavy atom. The van der Waals surface area contributed by atoms with Gasteiger partial charge in [-0.05, 0) is 42.0 Å². The average Bonchev–Trinajstić information content (AvgIpc) is 2.66. The Bertz CT molecular complexity index is 1010. The fourth-order valence-corrected chi connectivity index (χ4v) is 2.84. The molecule has 0 amide bonds. The summed E-state index contributed by atoms with van der Waals surface area (Å²) in [5.41, 5.74) is -5.36. The first kappa shape index (κ1) is 26.5. The molecule has 0 saturated carbocycles. The standard InChI is InChI=1S/C20H12ClF9O3/c21-15-4-3-11(18(22,23)24)9-14(15)16(17(31)32)33-5-1-2-10-6-12(19(25,26)27)8-13(7-10)20(28,29)30/h1-4,6-9,16H,5H2,(H,31,32). The van der Waals surface area contributed by atoms with Crippen LogP contribution in [0.4, 0.5) is 39.5 Å². The zero-order chi connectivity index (χ0) is 25.2. The lowest BCUT2D eigenvalue weighted by atomic mass is 10.0. The molecule has 0 bridgehead atoms. The summed E-state index contributed by atoms with van der Waals surface area (Å²) >= 11 is 5.77. The zero-order valence-corrected chi connectivity index (χ0v) is 16.7. The van der Waals surface area contributed by atoms with Crippen LogP contribution in [0.25, 0.3) is 6.08 Å². The van der Waals surface area contributed by atoms with Gasteiger partial charge in [-0.15, -0.1) is 0 Å². The molecule has 1 N–H and O–H groups in total. The minimum Gasteiger partial charge on any atom is -0.479 e. The Morgan fingerprint density at radius 3 is 1.85 bits per heavy atom. The number of halogens is 10. The van der Waals surface area contributed by atoms with Crippen molar-refractivity contribution < 1.29 is 54.2 Å². The molecule has 13 heteroatoms. The second kappa shape index (κ2) is 9.64. The molecule has 0 aliphatic heterocycles. The molecule has 3 nitrogen and oxygen atoms in total. The second-order valence-electron chi connectivity index (χ2n) is 6.53. The van der Waals surface area contributed by atoms with Crippen molar-refractivity contribution in [2.75, 3.05) is 6.61 Å². The summed E-state index contributed by atoms with van der Waals surface area (Å²) in [4.78, 5) is 11.4. The maximum absolute atomic E-state index is 12.9. The van der Waals surface area contributed by atoms with E-state index in [1.165, 1.54) is 0 Å². The summed E-state index contributed by atoms with van der Waals surface area (Å²) in [5, 5.41) is 8.92. The predicted molar refractivity (Wildman–Crippen MR) is 98.3 cm³/mol. The van der Waals surface area contributed by atoms with Crippen LogP contribution < -0.4 is 0 Å². The summed E-state index contributed by atoms with van der Waals surface area (Å²) in [6.07, 6.45) is -15.2.